The molecule has 1 N–H and O–H groups in total. The SMILES string of the molecule is COc1ccc(S[C@H](C)C(=O)Nc2ccc(Oc3ccccc3)cc2)cc1OC. The third kappa shape index (κ3) is 5.68. The van der Waals surface area contributed by atoms with Gasteiger partial charge in [0.15, 0.2) is 11.5 Å². The number of thioether (sulfide) groups is 1. The number of para-hydroxylation sites is 1. The van der Waals surface area contributed by atoms with Crippen LogP contribution in [0.3, 0.4) is 0 Å². The molecule has 0 unspecified atom stereocenters. The lowest BCUT2D eigenvalue weighted by atomic mass is 10.3. The van der Waals surface area contributed by atoms with E-state index in [1.54, 1.807) is 14.2 Å². The van der Waals surface area contributed by atoms with Gasteiger partial charge in [0.1, 0.15) is 11.5 Å². The molecule has 0 heterocycles. The number of amides is 1. The standard InChI is InChI=1S/C23H23NO4S/c1-16(29-20-13-14-21(26-2)22(15-20)27-3)23(25)24-17-9-11-19(12-10-17)28-18-7-5-4-6-8-18/h4-16H,1-3H3,(H,24,25)/t16-/m1/s1. The summed E-state index contributed by atoms with van der Waals surface area (Å²) in [4.78, 5) is 13.5. The maximum atomic E-state index is 12.6. The highest BCUT2D eigenvalue weighted by molar-refractivity contribution is 8.00. The molecule has 29 heavy (non-hydrogen) atoms. The Kier molecular flexibility index (Phi) is 7.03. The normalized spacial score (nSPS) is 11.4. The van der Waals surface area contributed by atoms with Crippen LogP contribution >= 0.6 is 11.8 Å². The van der Waals surface area contributed by atoms with Crippen molar-refractivity contribution in [3.63, 3.8) is 0 Å². The van der Waals surface area contributed by atoms with Crippen LogP contribution in [0.15, 0.2) is 77.7 Å². The lowest BCUT2D eigenvalue weighted by Gasteiger charge is -2.14. The third-order valence-electron chi connectivity index (χ3n) is 4.14. The van der Waals surface area contributed by atoms with Gasteiger partial charge in [-0.25, -0.2) is 0 Å². The second kappa shape index (κ2) is 9.89. The quantitative estimate of drug-likeness (QED) is 0.490. The molecule has 0 bridgehead atoms. The average Bonchev–Trinajstić information content (AvgIpc) is 2.75. The Morgan fingerprint density at radius 2 is 1.52 bits per heavy atom. The molecule has 3 aromatic carbocycles. The fourth-order valence-corrected chi connectivity index (χ4v) is 3.52. The zero-order valence-electron chi connectivity index (χ0n) is 16.5. The summed E-state index contributed by atoms with van der Waals surface area (Å²) in [7, 11) is 3.19. The Balaban J connectivity index is 1.58. The molecule has 5 nitrogen and oxygen atoms in total. The number of anilines is 1. The summed E-state index contributed by atoms with van der Waals surface area (Å²) in [5, 5.41) is 2.65. The minimum Gasteiger partial charge on any atom is -0.493 e. The monoisotopic (exact) mass is 409 g/mol. The zero-order valence-corrected chi connectivity index (χ0v) is 17.4. The molecule has 1 atom stereocenters. The van der Waals surface area contributed by atoms with Crippen molar-refractivity contribution in [2.75, 3.05) is 19.5 Å². The molecular weight excluding hydrogens is 386 g/mol. The molecule has 6 heteroatoms. The number of methoxy groups -OCH3 is 2. The van der Waals surface area contributed by atoms with E-state index in [-0.39, 0.29) is 11.2 Å². The van der Waals surface area contributed by atoms with Crippen molar-refractivity contribution < 1.29 is 19.0 Å². The van der Waals surface area contributed by atoms with Gasteiger partial charge in [-0.1, -0.05) is 18.2 Å². The molecule has 0 aliphatic heterocycles. The van der Waals surface area contributed by atoms with E-state index in [1.807, 2.05) is 79.7 Å². The van der Waals surface area contributed by atoms with Gasteiger partial charge in [0.05, 0.1) is 19.5 Å². The van der Waals surface area contributed by atoms with Crippen molar-refractivity contribution in [3.05, 3.63) is 72.8 Å². The molecule has 150 valence electrons. The zero-order chi connectivity index (χ0) is 20.6. The maximum absolute atomic E-state index is 12.6. The number of ether oxygens (including phenoxy) is 3. The smallest absolute Gasteiger partial charge is 0.237 e. The van der Waals surface area contributed by atoms with Crippen LogP contribution in [0.1, 0.15) is 6.92 Å². The Hall–Kier alpha value is -3.12. The number of rotatable bonds is 8. The first kappa shape index (κ1) is 20.6. The van der Waals surface area contributed by atoms with E-state index in [2.05, 4.69) is 5.32 Å². The van der Waals surface area contributed by atoms with Crippen LogP contribution in [-0.4, -0.2) is 25.4 Å². The van der Waals surface area contributed by atoms with Crippen molar-refractivity contribution in [1.29, 1.82) is 0 Å². The second-order valence-electron chi connectivity index (χ2n) is 6.21. The number of benzene rings is 3. The van der Waals surface area contributed by atoms with E-state index in [9.17, 15) is 4.79 Å². The van der Waals surface area contributed by atoms with Crippen molar-refractivity contribution >= 4 is 23.4 Å². The summed E-state index contributed by atoms with van der Waals surface area (Å²) >= 11 is 1.45. The van der Waals surface area contributed by atoms with Crippen LogP contribution in [0.4, 0.5) is 5.69 Å². The minimum absolute atomic E-state index is 0.0819. The predicted molar refractivity (Wildman–Crippen MR) is 116 cm³/mol. The topological polar surface area (TPSA) is 56.8 Å². The van der Waals surface area contributed by atoms with Gasteiger partial charge in [0.2, 0.25) is 5.91 Å². The first-order valence-electron chi connectivity index (χ1n) is 9.11. The molecule has 0 aliphatic rings. The molecule has 0 aliphatic carbocycles. The van der Waals surface area contributed by atoms with Gasteiger partial charge in [0, 0.05) is 10.6 Å². The van der Waals surface area contributed by atoms with E-state index in [0.717, 1.165) is 16.3 Å². The lowest BCUT2D eigenvalue weighted by Crippen LogP contribution is -2.22. The fraction of sp³-hybridized carbons (Fsp3) is 0.174. The van der Waals surface area contributed by atoms with Gasteiger partial charge in [-0.2, -0.15) is 0 Å². The highest BCUT2D eigenvalue weighted by Crippen LogP contribution is 2.34. The Morgan fingerprint density at radius 3 is 2.17 bits per heavy atom. The van der Waals surface area contributed by atoms with Crippen molar-refractivity contribution in [1.82, 2.24) is 0 Å². The highest BCUT2D eigenvalue weighted by atomic mass is 32.2. The van der Waals surface area contributed by atoms with Gasteiger partial charge in [-0.05, 0) is 61.5 Å². The summed E-state index contributed by atoms with van der Waals surface area (Å²) < 4.78 is 16.3. The lowest BCUT2D eigenvalue weighted by molar-refractivity contribution is -0.115. The van der Waals surface area contributed by atoms with Crippen molar-refractivity contribution in [2.45, 2.75) is 17.1 Å². The van der Waals surface area contributed by atoms with E-state index in [4.69, 9.17) is 14.2 Å². The van der Waals surface area contributed by atoms with Gasteiger partial charge < -0.3 is 19.5 Å². The summed E-state index contributed by atoms with van der Waals surface area (Å²) in [5.74, 6) is 2.69. The minimum atomic E-state index is -0.284. The highest BCUT2D eigenvalue weighted by Gasteiger charge is 2.16. The average molecular weight is 410 g/mol. The maximum Gasteiger partial charge on any atom is 0.237 e. The molecule has 1 amide bonds. The molecule has 3 rings (SSSR count). The molecule has 0 saturated carbocycles. The third-order valence-corrected chi connectivity index (χ3v) is 5.23. The van der Waals surface area contributed by atoms with E-state index >= 15 is 0 Å². The molecule has 0 fully saturated rings. The number of nitrogens with one attached hydrogen (secondary N) is 1. The summed E-state index contributed by atoms with van der Waals surface area (Å²) in [6, 6.07) is 22.5. The molecule has 0 saturated heterocycles. The molecule has 0 spiro atoms. The van der Waals surface area contributed by atoms with Crippen LogP contribution in [0, 0.1) is 0 Å². The number of carbonyl (C=O) groups is 1. The molecular formula is C23H23NO4S. The second-order valence-corrected chi connectivity index (χ2v) is 7.62. The van der Waals surface area contributed by atoms with Crippen LogP contribution in [0.25, 0.3) is 0 Å². The Labute approximate surface area is 175 Å². The molecule has 0 radical (unpaired) electrons. The summed E-state index contributed by atoms with van der Waals surface area (Å²) in [6.07, 6.45) is 0. The summed E-state index contributed by atoms with van der Waals surface area (Å²) in [5.41, 5.74) is 0.718. The van der Waals surface area contributed by atoms with Gasteiger partial charge in [-0.15, -0.1) is 11.8 Å². The largest absolute Gasteiger partial charge is 0.493 e. The predicted octanol–water partition coefficient (Wildman–Crippen LogP) is 5.62. The number of hydrogen-bond acceptors (Lipinski definition) is 5. The van der Waals surface area contributed by atoms with Crippen molar-refractivity contribution in [3.8, 4) is 23.0 Å². The Morgan fingerprint density at radius 1 is 0.862 bits per heavy atom. The fourth-order valence-electron chi connectivity index (χ4n) is 2.62. The number of hydrogen-bond donors (Lipinski definition) is 1. The van der Waals surface area contributed by atoms with E-state index in [1.165, 1.54) is 11.8 Å². The first-order valence-corrected chi connectivity index (χ1v) is 9.99. The van der Waals surface area contributed by atoms with Gasteiger partial charge in [0.25, 0.3) is 0 Å². The van der Waals surface area contributed by atoms with Crippen LogP contribution in [-0.2, 0) is 4.79 Å². The van der Waals surface area contributed by atoms with Crippen molar-refractivity contribution in [2.24, 2.45) is 0 Å². The van der Waals surface area contributed by atoms with Crippen LogP contribution in [0.2, 0.25) is 0 Å². The Bertz CT molecular complexity index is 945. The summed E-state index contributed by atoms with van der Waals surface area (Å²) in [6.45, 7) is 1.86. The van der Waals surface area contributed by atoms with Gasteiger partial charge in [-0.3, -0.25) is 4.79 Å². The molecule has 3 aromatic rings. The van der Waals surface area contributed by atoms with Crippen LogP contribution in [0.5, 0.6) is 23.0 Å². The van der Waals surface area contributed by atoms with Gasteiger partial charge >= 0.3 is 0 Å². The first-order chi connectivity index (χ1) is 14.1. The molecule has 0 aromatic heterocycles. The van der Waals surface area contributed by atoms with E-state index in [0.29, 0.717) is 17.2 Å². The van der Waals surface area contributed by atoms with E-state index < -0.39 is 0 Å². The van der Waals surface area contributed by atoms with Crippen LogP contribution < -0.4 is 19.5 Å². The number of carbonyl (C=O) groups excluding carboxylic acids is 1.